The third-order valence-electron chi connectivity index (χ3n) is 4.51. The summed E-state index contributed by atoms with van der Waals surface area (Å²) >= 11 is 3.54. The lowest BCUT2D eigenvalue weighted by atomic mass is 10.1. The zero-order valence-corrected chi connectivity index (χ0v) is 18.5. The smallest absolute Gasteiger partial charge is 0.293 e. The summed E-state index contributed by atoms with van der Waals surface area (Å²) in [5, 5.41) is 7.91. The van der Waals surface area contributed by atoms with E-state index in [-0.39, 0.29) is 5.60 Å². The maximum atomic E-state index is 9.60. The van der Waals surface area contributed by atoms with Gasteiger partial charge in [0, 0.05) is 16.2 Å². The van der Waals surface area contributed by atoms with Gasteiger partial charge in [0.15, 0.2) is 0 Å². The van der Waals surface area contributed by atoms with Gasteiger partial charge in [-0.15, -0.1) is 0 Å². The van der Waals surface area contributed by atoms with Crippen LogP contribution in [-0.4, -0.2) is 44.9 Å². The molecule has 0 amide bonds. The third-order valence-corrected chi connectivity index (χ3v) is 5.15. The highest BCUT2D eigenvalue weighted by Crippen LogP contribution is 2.25. The van der Waals surface area contributed by atoms with Gasteiger partial charge in [-0.3, -0.25) is 14.5 Å². The third kappa shape index (κ3) is 5.83. The minimum atomic E-state index is -0.318. The molecular weight excluding hydrogens is 434 g/mol. The molecule has 1 aromatic carbocycles. The Labute approximate surface area is 179 Å². The number of aromatic nitrogens is 4. The molecule has 29 heavy (non-hydrogen) atoms. The zero-order valence-electron chi connectivity index (χ0n) is 16.9. The van der Waals surface area contributed by atoms with Gasteiger partial charge in [0.25, 0.3) is 6.47 Å². The van der Waals surface area contributed by atoms with Crippen molar-refractivity contribution >= 4 is 33.4 Å². The van der Waals surface area contributed by atoms with Crippen LogP contribution < -0.4 is 5.32 Å². The summed E-state index contributed by atoms with van der Waals surface area (Å²) in [5.74, 6) is 0. The van der Waals surface area contributed by atoms with Crippen LogP contribution in [0.15, 0.2) is 41.3 Å². The van der Waals surface area contributed by atoms with Gasteiger partial charge in [-0.25, -0.2) is 4.98 Å². The van der Waals surface area contributed by atoms with Crippen LogP contribution >= 0.6 is 15.9 Å². The molecule has 0 radical (unpaired) electrons. The second-order valence-electron chi connectivity index (χ2n) is 7.88. The van der Waals surface area contributed by atoms with Crippen molar-refractivity contribution in [2.24, 2.45) is 0 Å². The Kier molecular flexibility index (Phi) is 6.97. The van der Waals surface area contributed by atoms with Gasteiger partial charge in [0.2, 0.25) is 0 Å². The number of hydrogen-bond acceptors (Lipinski definition) is 6. The molecule has 0 spiro atoms. The van der Waals surface area contributed by atoms with Crippen molar-refractivity contribution in [3.8, 4) is 11.3 Å². The number of carbonyl (C=O) groups excluding carboxylic acids is 1. The molecular formula is C21H26BrN5O2. The van der Waals surface area contributed by atoms with Gasteiger partial charge in [0.1, 0.15) is 11.1 Å². The summed E-state index contributed by atoms with van der Waals surface area (Å²) in [6, 6.07) is 6.40. The molecule has 3 aromatic rings. The predicted octanol–water partition coefficient (Wildman–Crippen LogP) is 4.14. The van der Waals surface area contributed by atoms with E-state index in [0.29, 0.717) is 12.5 Å². The number of fused-ring (bicyclic) bond motifs is 1. The number of halogens is 1. The van der Waals surface area contributed by atoms with Crippen LogP contribution in [0.3, 0.4) is 0 Å². The lowest BCUT2D eigenvalue weighted by molar-refractivity contribution is -0.138. The normalized spacial score (nSPS) is 14.9. The van der Waals surface area contributed by atoms with Crippen molar-refractivity contribution in [1.29, 1.82) is 0 Å². The van der Waals surface area contributed by atoms with Crippen LogP contribution in [0.1, 0.15) is 39.7 Å². The van der Waals surface area contributed by atoms with Crippen LogP contribution in [0.5, 0.6) is 0 Å². The fourth-order valence-corrected chi connectivity index (χ4v) is 3.47. The maximum Gasteiger partial charge on any atom is 0.293 e. The highest BCUT2D eigenvalue weighted by atomic mass is 79.9. The summed E-state index contributed by atoms with van der Waals surface area (Å²) in [6.07, 6.45) is 8.03. The number of para-hydroxylation sites is 1. The number of ether oxygens (including phenoxy) is 1. The van der Waals surface area contributed by atoms with E-state index in [4.69, 9.17) is 4.98 Å². The molecule has 2 aromatic heterocycles. The number of piperidine rings is 1. The van der Waals surface area contributed by atoms with Crippen molar-refractivity contribution in [3.63, 3.8) is 0 Å². The fourth-order valence-electron chi connectivity index (χ4n) is 3.02. The van der Waals surface area contributed by atoms with Crippen molar-refractivity contribution < 1.29 is 9.53 Å². The van der Waals surface area contributed by atoms with Crippen molar-refractivity contribution in [2.45, 2.75) is 45.3 Å². The molecule has 1 fully saturated rings. The van der Waals surface area contributed by atoms with Crippen LogP contribution in [0, 0.1) is 0 Å². The molecule has 3 heterocycles. The summed E-state index contributed by atoms with van der Waals surface area (Å²) < 4.78 is 7.58. The summed E-state index contributed by atoms with van der Waals surface area (Å²) in [4.78, 5) is 18.8. The Bertz CT molecular complexity index is 961. The monoisotopic (exact) mass is 459 g/mol. The average molecular weight is 460 g/mol. The second kappa shape index (κ2) is 9.45. The molecule has 1 aliphatic rings. The number of carbonyl (C=O) groups is 1. The van der Waals surface area contributed by atoms with Crippen LogP contribution in [0.2, 0.25) is 0 Å². The highest BCUT2D eigenvalue weighted by Gasteiger charge is 2.16. The molecule has 7 nitrogen and oxygen atoms in total. The Morgan fingerprint density at radius 2 is 2.00 bits per heavy atom. The number of benzene rings is 1. The Hall–Kier alpha value is -2.32. The number of hydrogen-bond donors (Lipinski definition) is 1. The van der Waals surface area contributed by atoms with Gasteiger partial charge >= 0.3 is 0 Å². The SMILES string of the molecule is Brc1cccc2ncc(-c3cnn(C4CCNCC4)c3)nc12.CC(C)(C)OC=O. The lowest BCUT2D eigenvalue weighted by Crippen LogP contribution is -2.29. The average Bonchev–Trinajstić information content (AvgIpc) is 3.19. The van der Waals surface area contributed by atoms with E-state index in [9.17, 15) is 4.79 Å². The predicted molar refractivity (Wildman–Crippen MR) is 117 cm³/mol. The lowest BCUT2D eigenvalue weighted by Gasteiger charge is -2.22. The topological polar surface area (TPSA) is 81.9 Å². The van der Waals surface area contributed by atoms with Gasteiger partial charge in [-0.2, -0.15) is 5.10 Å². The van der Waals surface area contributed by atoms with Gasteiger partial charge in [-0.1, -0.05) is 6.07 Å². The largest absolute Gasteiger partial charge is 0.462 e. The Morgan fingerprint density at radius 3 is 2.66 bits per heavy atom. The first-order valence-corrected chi connectivity index (χ1v) is 10.4. The second-order valence-corrected chi connectivity index (χ2v) is 8.73. The van der Waals surface area contributed by atoms with Gasteiger partial charge in [0.05, 0.1) is 29.6 Å². The molecule has 1 aliphatic heterocycles. The van der Waals surface area contributed by atoms with Crippen LogP contribution in [0.4, 0.5) is 0 Å². The maximum absolute atomic E-state index is 9.60. The molecule has 1 saturated heterocycles. The number of nitrogens with one attached hydrogen (secondary N) is 1. The minimum Gasteiger partial charge on any atom is -0.462 e. The fraction of sp³-hybridized carbons (Fsp3) is 0.429. The molecule has 4 rings (SSSR count). The molecule has 0 aliphatic carbocycles. The first kappa shape index (κ1) is 21.4. The molecule has 0 atom stereocenters. The van der Waals surface area contributed by atoms with E-state index in [1.807, 2.05) is 51.4 Å². The molecule has 0 saturated carbocycles. The molecule has 8 heteroatoms. The highest BCUT2D eigenvalue weighted by molar-refractivity contribution is 9.10. The first-order chi connectivity index (χ1) is 13.9. The summed E-state index contributed by atoms with van der Waals surface area (Å²) in [5.41, 5.74) is 3.34. The van der Waals surface area contributed by atoms with Crippen molar-refractivity contribution in [2.75, 3.05) is 13.1 Å². The summed E-state index contributed by atoms with van der Waals surface area (Å²) in [7, 11) is 0. The van der Waals surface area contributed by atoms with E-state index in [1.165, 1.54) is 0 Å². The van der Waals surface area contributed by atoms with Crippen LogP contribution in [-0.2, 0) is 9.53 Å². The number of rotatable bonds is 3. The van der Waals surface area contributed by atoms with E-state index < -0.39 is 0 Å². The Balaban J connectivity index is 0.000000298. The van der Waals surface area contributed by atoms with Gasteiger partial charge in [-0.05, 0) is 74.8 Å². The number of nitrogens with zero attached hydrogens (tertiary/aromatic N) is 4. The summed E-state index contributed by atoms with van der Waals surface area (Å²) in [6.45, 7) is 8.04. The van der Waals surface area contributed by atoms with Crippen molar-refractivity contribution in [1.82, 2.24) is 25.1 Å². The van der Waals surface area contributed by atoms with E-state index in [1.54, 1.807) is 0 Å². The first-order valence-electron chi connectivity index (χ1n) is 9.65. The quantitative estimate of drug-likeness (QED) is 0.592. The van der Waals surface area contributed by atoms with Crippen LogP contribution in [0.25, 0.3) is 22.3 Å². The molecule has 154 valence electrons. The van der Waals surface area contributed by atoms with Gasteiger partial charge < -0.3 is 10.1 Å². The van der Waals surface area contributed by atoms with E-state index in [0.717, 1.165) is 52.7 Å². The Morgan fingerprint density at radius 1 is 1.24 bits per heavy atom. The zero-order chi connectivity index (χ0) is 20.9. The van der Waals surface area contributed by atoms with E-state index >= 15 is 0 Å². The molecule has 1 N–H and O–H groups in total. The molecule has 0 bridgehead atoms. The van der Waals surface area contributed by atoms with E-state index in [2.05, 4.69) is 46.9 Å². The van der Waals surface area contributed by atoms with Crippen molar-refractivity contribution in [3.05, 3.63) is 41.3 Å². The minimum absolute atomic E-state index is 0.318. The molecule has 0 unspecified atom stereocenters. The standard InChI is InChI=1S/C16H16BrN5.C5H10O2/c17-13-2-1-3-14-16(13)21-15(9-19-14)11-8-20-22(10-11)12-4-6-18-7-5-12;1-5(2,3)7-4-6/h1-3,8-10,12,18H,4-7H2;4H,1-3H3.